The van der Waals surface area contributed by atoms with Crippen LogP contribution in [0.25, 0.3) is 0 Å². The molecule has 1 aliphatic rings. The monoisotopic (exact) mass is 260 g/mol. The van der Waals surface area contributed by atoms with E-state index in [4.69, 9.17) is 10.8 Å². The highest BCUT2D eigenvalue weighted by Crippen LogP contribution is 2.30. The molecule has 0 amide bonds. The van der Waals surface area contributed by atoms with E-state index in [-0.39, 0.29) is 0 Å². The maximum atomic E-state index is 5.57. The van der Waals surface area contributed by atoms with Crippen LogP contribution >= 0.6 is 0 Å². The van der Waals surface area contributed by atoms with Crippen LogP contribution in [0.1, 0.15) is 33.1 Å². The van der Waals surface area contributed by atoms with Gasteiger partial charge >= 0.3 is 0 Å². The van der Waals surface area contributed by atoms with Crippen LogP contribution in [0.2, 0.25) is 0 Å². The van der Waals surface area contributed by atoms with Crippen LogP contribution in [-0.2, 0) is 0 Å². The van der Waals surface area contributed by atoms with Gasteiger partial charge in [-0.15, -0.1) is 0 Å². The molecule has 1 aromatic rings. The van der Waals surface area contributed by atoms with Gasteiger partial charge in [0, 0.05) is 5.69 Å². The smallest absolute Gasteiger partial charge is 0.210 e. The van der Waals surface area contributed by atoms with Crippen molar-refractivity contribution in [1.82, 2.24) is 5.43 Å². The van der Waals surface area contributed by atoms with Crippen LogP contribution in [0.4, 0.5) is 5.69 Å². The Morgan fingerprint density at radius 3 is 2.58 bits per heavy atom. The Hall–Kier alpha value is -1.55. The zero-order chi connectivity index (χ0) is 13.7. The number of benzene rings is 1. The molecular formula is C15H24N4. The zero-order valence-electron chi connectivity index (χ0n) is 11.8. The third kappa shape index (κ3) is 3.96. The van der Waals surface area contributed by atoms with Crippen molar-refractivity contribution in [3.05, 3.63) is 30.3 Å². The average molecular weight is 260 g/mol. The van der Waals surface area contributed by atoms with Crippen molar-refractivity contribution >= 4 is 11.6 Å². The summed E-state index contributed by atoms with van der Waals surface area (Å²) < 4.78 is 0. The van der Waals surface area contributed by atoms with Gasteiger partial charge in [0.25, 0.3) is 0 Å². The second kappa shape index (κ2) is 6.57. The van der Waals surface area contributed by atoms with Crippen LogP contribution in [0.5, 0.6) is 0 Å². The van der Waals surface area contributed by atoms with Crippen LogP contribution in [0, 0.1) is 11.8 Å². The minimum atomic E-state index is 0.360. The van der Waals surface area contributed by atoms with Crippen molar-refractivity contribution in [2.24, 2.45) is 22.7 Å². The molecule has 4 nitrogen and oxygen atoms in total. The molecule has 0 aromatic heterocycles. The Bertz CT molecular complexity index is 415. The number of rotatable bonds is 2. The molecule has 0 spiro atoms. The minimum Gasteiger partial charge on any atom is -0.325 e. The van der Waals surface area contributed by atoms with Gasteiger partial charge in [-0.1, -0.05) is 32.0 Å². The van der Waals surface area contributed by atoms with E-state index < -0.39 is 0 Å². The molecule has 4 heteroatoms. The quantitative estimate of drug-likeness (QED) is 0.331. The Kier molecular flexibility index (Phi) is 4.80. The molecule has 1 aromatic carbocycles. The molecule has 0 saturated heterocycles. The molecule has 1 saturated carbocycles. The molecular weight excluding hydrogens is 236 g/mol. The summed E-state index contributed by atoms with van der Waals surface area (Å²) in [7, 11) is 0. The van der Waals surface area contributed by atoms with Gasteiger partial charge in [0.05, 0.1) is 6.04 Å². The summed E-state index contributed by atoms with van der Waals surface area (Å²) in [6.45, 7) is 4.60. The van der Waals surface area contributed by atoms with Crippen LogP contribution in [0.3, 0.4) is 0 Å². The summed E-state index contributed by atoms with van der Waals surface area (Å²) in [5.41, 5.74) is 3.66. The Morgan fingerprint density at radius 1 is 1.21 bits per heavy atom. The molecule has 0 radical (unpaired) electrons. The summed E-state index contributed by atoms with van der Waals surface area (Å²) in [5, 5.41) is 3.22. The lowest BCUT2D eigenvalue weighted by molar-refractivity contribution is 0.264. The molecule has 19 heavy (non-hydrogen) atoms. The highest BCUT2D eigenvalue weighted by molar-refractivity contribution is 5.93. The second-order valence-electron chi connectivity index (χ2n) is 5.58. The largest absolute Gasteiger partial charge is 0.325 e. The van der Waals surface area contributed by atoms with Gasteiger partial charge in [-0.3, -0.25) is 5.43 Å². The van der Waals surface area contributed by atoms with E-state index in [1.165, 1.54) is 12.8 Å². The van der Waals surface area contributed by atoms with Gasteiger partial charge in [-0.05, 0) is 43.2 Å². The first kappa shape index (κ1) is 13.9. The number of guanidine groups is 1. The summed E-state index contributed by atoms with van der Waals surface area (Å²) in [4.78, 5) is 4.73. The van der Waals surface area contributed by atoms with E-state index in [9.17, 15) is 0 Å². The van der Waals surface area contributed by atoms with Crippen LogP contribution < -0.4 is 16.6 Å². The lowest BCUT2D eigenvalue weighted by Crippen LogP contribution is -2.38. The Labute approximate surface area is 115 Å². The predicted molar refractivity (Wildman–Crippen MR) is 80.8 cm³/mol. The third-order valence-electron chi connectivity index (χ3n) is 3.85. The fourth-order valence-corrected chi connectivity index (χ4v) is 2.77. The van der Waals surface area contributed by atoms with E-state index in [0.29, 0.717) is 17.9 Å². The fourth-order valence-electron chi connectivity index (χ4n) is 2.77. The summed E-state index contributed by atoms with van der Waals surface area (Å²) in [6, 6.07) is 10.3. The summed E-state index contributed by atoms with van der Waals surface area (Å²) in [6.07, 6.45) is 3.64. The van der Waals surface area contributed by atoms with Gasteiger partial charge in [0.15, 0.2) is 0 Å². The second-order valence-corrected chi connectivity index (χ2v) is 5.58. The lowest BCUT2D eigenvalue weighted by Gasteiger charge is -2.30. The SMILES string of the molecule is CC1CCC(N=C(NN)Nc2ccccc2)C(C)C1. The maximum Gasteiger partial charge on any atom is 0.210 e. The van der Waals surface area contributed by atoms with Crippen molar-refractivity contribution in [2.75, 3.05) is 5.32 Å². The van der Waals surface area contributed by atoms with Crippen LogP contribution in [0.15, 0.2) is 35.3 Å². The molecule has 1 fully saturated rings. The van der Waals surface area contributed by atoms with E-state index >= 15 is 0 Å². The number of hydrogen-bond acceptors (Lipinski definition) is 2. The Morgan fingerprint density at radius 2 is 1.95 bits per heavy atom. The molecule has 4 N–H and O–H groups in total. The number of hydrazine groups is 1. The molecule has 0 bridgehead atoms. The maximum absolute atomic E-state index is 5.57. The van der Waals surface area contributed by atoms with Crippen molar-refractivity contribution in [3.8, 4) is 0 Å². The van der Waals surface area contributed by atoms with E-state index in [1.807, 2.05) is 30.3 Å². The van der Waals surface area contributed by atoms with E-state index in [2.05, 4.69) is 24.6 Å². The predicted octanol–water partition coefficient (Wildman–Crippen LogP) is 2.74. The fraction of sp³-hybridized carbons (Fsp3) is 0.533. The number of nitrogens with two attached hydrogens (primary N) is 1. The molecule has 2 rings (SSSR count). The number of anilines is 1. The van der Waals surface area contributed by atoms with E-state index in [0.717, 1.165) is 18.0 Å². The van der Waals surface area contributed by atoms with Crippen LogP contribution in [-0.4, -0.2) is 12.0 Å². The number of para-hydroxylation sites is 1. The average Bonchev–Trinajstić information content (AvgIpc) is 2.42. The first-order valence-electron chi connectivity index (χ1n) is 7.05. The highest BCUT2D eigenvalue weighted by Gasteiger charge is 2.25. The number of nitrogens with zero attached hydrogens (tertiary/aromatic N) is 1. The topological polar surface area (TPSA) is 62.4 Å². The van der Waals surface area contributed by atoms with Crippen molar-refractivity contribution in [1.29, 1.82) is 0 Å². The molecule has 3 unspecified atom stereocenters. The molecule has 0 aliphatic heterocycles. The minimum absolute atomic E-state index is 0.360. The number of hydrogen-bond donors (Lipinski definition) is 3. The first-order valence-corrected chi connectivity index (χ1v) is 7.05. The van der Waals surface area contributed by atoms with Gasteiger partial charge in [0.1, 0.15) is 0 Å². The van der Waals surface area contributed by atoms with Gasteiger partial charge in [-0.2, -0.15) is 0 Å². The summed E-state index contributed by atoms with van der Waals surface area (Å²) in [5.74, 6) is 7.65. The van der Waals surface area contributed by atoms with Gasteiger partial charge in [0.2, 0.25) is 5.96 Å². The molecule has 3 atom stereocenters. The van der Waals surface area contributed by atoms with Crippen molar-refractivity contribution < 1.29 is 0 Å². The first-order chi connectivity index (χ1) is 9.19. The number of aliphatic imine (C=N–C) groups is 1. The standard InChI is InChI=1S/C15H24N4/c1-11-8-9-14(12(2)10-11)18-15(19-16)17-13-6-4-3-5-7-13/h3-7,11-12,14H,8-10,16H2,1-2H3,(H2,17,18,19). The van der Waals surface area contributed by atoms with E-state index in [1.54, 1.807) is 0 Å². The zero-order valence-corrected chi connectivity index (χ0v) is 11.8. The summed E-state index contributed by atoms with van der Waals surface area (Å²) >= 11 is 0. The van der Waals surface area contributed by atoms with Crippen molar-refractivity contribution in [2.45, 2.75) is 39.2 Å². The van der Waals surface area contributed by atoms with Crippen molar-refractivity contribution in [3.63, 3.8) is 0 Å². The highest BCUT2D eigenvalue weighted by atomic mass is 15.3. The number of nitrogens with one attached hydrogen (secondary N) is 2. The molecule has 1 aliphatic carbocycles. The van der Waals surface area contributed by atoms with Gasteiger partial charge in [-0.25, -0.2) is 10.8 Å². The van der Waals surface area contributed by atoms with Gasteiger partial charge < -0.3 is 5.32 Å². The lowest BCUT2D eigenvalue weighted by atomic mass is 9.80. The molecule has 0 heterocycles. The molecule has 104 valence electrons. The Balaban J connectivity index is 2.02. The third-order valence-corrected chi connectivity index (χ3v) is 3.85. The normalized spacial score (nSPS) is 27.9.